The molecule has 8 aromatic carbocycles. The Kier molecular flexibility index (Phi) is 6.02. The Bertz CT molecular complexity index is 2870. The van der Waals surface area contributed by atoms with Crippen molar-refractivity contribution in [2.24, 2.45) is 0 Å². The number of anilines is 3. The van der Waals surface area contributed by atoms with E-state index in [0.29, 0.717) is 0 Å². The molecule has 1 aromatic heterocycles. The lowest BCUT2D eigenvalue weighted by Gasteiger charge is -2.30. The third kappa shape index (κ3) is 3.99. The van der Waals surface area contributed by atoms with Crippen LogP contribution in [0.2, 0.25) is 0 Å². The van der Waals surface area contributed by atoms with Crippen LogP contribution in [0.3, 0.4) is 0 Å². The largest absolute Gasteiger partial charge is 0.310 e. The SMILES string of the molecule is CC1(C)c2ccccc2-c2ccc(N(c3ccc4c(c3)C(C)(C)c3ccccc3-4)c3ccc4c(ccc5ccc6sc7ccccc7c6c54)c3)cc21. The summed E-state index contributed by atoms with van der Waals surface area (Å²) < 4.78 is 2.68. The van der Waals surface area contributed by atoms with Crippen molar-refractivity contribution in [1.29, 1.82) is 0 Å². The Balaban J connectivity index is 1.15. The Labute approximate surface area is 308 Å². The van der Waals surface area contributed by atoms with Crippen LogP contribution in [0.25, 0.3) is 64.0 Å². The minimum absolute atomic E-state index is 0.0911. The van der Waals surface area contributed by atoms with Crippen molar-refractivity contribution < 1.29 is 0 Å². The topological polar surface area (TPSA) is 3.24 Å². The van der Waals surface area contributed by atoms with Crippen LogP contribution in [0.4, 0.5) is 17.1 Å². The molecule has 248 valence electrons. The second-order valence-electron chi connectivity index (χ2n) is 15.7. The standard InChI is InChI=1S/C50H37NS/c1-49(2)41-14-8-5-11-36(41)38-24-21-33(28-43(38)49)51(34-22-25-39-37-12-6-9-15-42(37)50(3,4)44(39)29-34)32-20-23-35-31(27-32)18-17-30-19-26-46-48(47(30)35)40-13-7-10-16-45(40)52-46/h5-29H,1-4H3. The Morgan fingerprint density at radius 1 is 0.385 bits per heavy atom. The molecule has 1 heterocycles. The van der Waals surface area contributed by atoms with Gasteiger partial charge in [0.05, 0.1) is 0 Å². The van der Waals surface area contributed by atoms with E-state index in [0.717, 1.165) is 5.69 Å². The van der Waals surface area contributed by atoms with Gasteiger partial charge in [-0.2, -0.15) is 0 Å². The summed E-state index contributed by atoms with van der Waals surface area (Å²) in [5.41, 5.74) is 14.3. The monoisotopic (exact) mass is 683 g/mol. The number of nitrogens with zero attached hydrogens (tertiary/aromatic N) is 1. The highest BCUT2D eigenvalue weighted by atomic mass is 32.1. The van der Waals surface area contributed by atoms with E-state index in [4.69, 9.17) is 0 Å². The summed E-state index contributed by atoms with van der Waals surface area (Å²) >= 11 is 1.89. The van der Waals surface area contributed by atoms with Crippen LogP contribution < -0.4 is 4.90 Å². The molecule has 2 aliphatic rings. The van der Waals surface area contributed by atoms with Crippen LogP contribution in [-0.4, -0.2) is 0 Å². The second kappa shape index (κ2) is 10.4. The first kappa shape index (κ1) is 30.0. The van der Waals surface area contributed by atoms with Gasteiger partial charge in [-0.05, 0) is 115 Å². The van der Waals surface area contributed by atoms with Gasteiger partial charge in [-0.1, -0.05) is 131 Å². The molecule has 0 aliphatic heterocycles. The van der Waals surface area contributed by atoms with Crippen molar-refractivity contribution in [2.75, 3.05) is 4.90 Å². The maximum Gasteiger partial charge on any atom is 0.0468 e. The molecule has 0 radical (unpaired) electrons. The van der Waals surface area contributed by atoms with Crippen LogP contribution in [0, 0.1) is 0 Å². The van der Waals surface area contributed by atoms with Crippen LogP contribution in [0.15, 0.2) is 152 Å². The van der Waals surface area contributed by atoms with Crippen molar-refractivity contribution in [3.05, 3.63) is 174 Å². The third-order valence-electron chi connectivity index (χ3n) is 12.2. The normalized spacial score (nSPS) is 14.8. The lowest BCUT2D eigenvalue weighted by Crippen LogP contribution is -2.18. The molecule has 11 rings (SSSR count). The van der Waals surface area contributed by atoms with E-state index < -0.39 is 0 Å². The maximum atomic E-state index is 2.49. The third-order valence-corrected chi connectivity index (χ3v) is 13.4. The molecule has 0 unspecified atom stereocenters. The maximum absolute atomic E-state index is 2.49. The van der Waals surface area contributed by atoms with Gasteiger partial charge in [-0.15, -0.1) is 11.3 Å². The van der Waals surface area contributed by atoms with Crippen LogP contribution in [0.1, 0.15) is 49.9 Å². The fourth-order valence-corrected chi connectivity index (χ4v) is 10.7. The molecular weight excluding hydrogens is 647 g/mol. The highest BCUT2D eigenvalue weighted by Gasteiger charge is 2.37. The molecule has 0 atom stereocenters. The van der Waals surface area contributed by atoms with Crippen molar-refractivity contribution in [3.8, 4) is 22.3 Å². The van der Waals surface area contributed by atoms with Gasteiger partial charge in [0, 0.05) is 48.1 Å². The molecule has 0 saturated carbocycles. The van der Waals surface area contributed by atoms with Crippen molar-refractivity contribution >= 4 is 70.1 Å². The molecule has 52 heavy (non-hydrogen) atoms. The number of rotatable bonds is 3. The minimum atomic E-state index is -0.0911. The van der Waals surface area contributed by atoms with Gasteiger partial charge in [-0.3, -0.25) is 0 Å². The fourth-order valence-electron chi connectivity index (χ4n) is 9.61. The van der Waals surface area contributed by atoms with Crippen molar-refractivity contribution in [2.45, 2.75) is 38.5 Å². The van der Waals surface area contributed by atoms with Crippen LogP contribution in [0.5, 0.6) is 0 Å². The van der Waals surface area contributed by atoms with E-state index in [-0.39, 0.29) is 10.8 Å². The molecule has 1 nitrogen and oxygen atoms in total. The van der Waals surface area contributed by atoms with E-state index in [2.05, 4.69) is 184 Å². The summed E-state index contributed by atoms with van der Waals surface area (Å²) in [6, 6.07) is 57.3. The molecule has 0 bridgehead atoms. The summed E-state index contributed by atoms with van der Waals surface area (Å²) in [6.07, 6.45) is 0. The zero-order valence-electron chi connectivity index (χ0n) is 29.8. The summed E-state index contributed by atoms with van der Waals surface area (Å²) in [4.78, 5) is 2.49. The number of hydrogen-bond donors (Lipinski definition) is 0. The molecule has 0 fully saturated rings. The highest BCUT2D eigenvalue weighted by molar-refractivity contribution is 7.26. The van der Waals surface area contributed by atoms with E-state index in [9.17, 15) is 0 Å². The molecule has 2 heteroatoms. The molecule has 9 aromatic rings. The first-order valence-electron chi connectivity index (χ1n) is 18.3. The molecule has 0 spiro atoms. The van der Waals surface area contributed by atoms with Gasteiger partial charge in [0.1, 0.15) is 0 Å². The molecular formula is C50H37NS. The van der Waals surface area contributed by atoms with Gasteiger partial charge in [-0.25, -0.2) is 0 Å². The Morgan fingerprint density at radius 2 is 0.904 bits per heavy atom. The van der Waals surface area contributed by atoms with Crippen LogP contribution in [-0.2, 0) is 10.8 Å². The predicted octanol–water partition coefficient (Wildman–Crippen LogP) is 14.4. The van der Waals surface area contributed by atoms with Crippen LogP contribution >= 0.6 is 11.3 Å². The average Bonchev–Trinajstić information content (AvgIpc) is 3.74. The molecule has 0 saturated heterocycles. The fraction of sp³-hybridized carbons (Fsp3) is 0.120. The van der Waals surface area contributed by atoms with E-state index in [1.54, 1.807) is 0 Å². The smallest absolute Gasteiger partial charge is 0.0468 e. The zero-order chi connectivity index (χ0) is 34.9. The van der Waals surface area contributed by atoms with Gasteiger partial charge in [0.2, 0.25) is 0 Å². The first-order chi connectivity index (χ1) is 25.3. The second-order valence-corrected chi connectivity index (χ2v) is 16.8. The number of fused-ring (bicyclic) bond motifs is 13. The Hall–Kier alpha value is -5.70. The van der Waals surface area contributed by atoms with E-state index in [1.807, 2.05) is 11.3 Å². The zero-order valence-corrected chi connectivity index (χ0v) is 30.6. The quantitative estimate of drug-likeness (QED) is 0.168. The number of thiophene rings is 1. The summed E-state index contributed by atoms with van der Waals surface area (Å²) in [5.74, 6) is 0. The predicted molar refractivity (Wildman–Crippen MR) is 224 cm³/mol. The van der Waals surface area contributed by atoms with Crippen molar-refractivity contribution in [1.82, 2.24) is 0 Å². The minimum Gasteiger partial charge on any atom is -0.310 e. The summed E-state index contributed by atoms with van der Waals surface area (Å²) in [6.45, 7) is 9.49. The lowest BCUT2D eigenvalue weighted by molar-refractivity contribution is 0.660. The first-order valence-corrected chi connectivity index (χ1v) is 19.2. The highest BCUT2D eigenvalue weighted by Crippen LogP contribution is 2.53. The van der Waals surface area contributed by atoms with Gasteiger partial charge < -0.3 is 4.90 Å². The van der Waals surface area contributed by atoms with Gasteiger partial charge >= 0.3 is 0 Å². The molecule has 2 aliphatic carbocycles. The molecule has 0 N–H and O–H groups in total. The lowest BCUT2D eigenvalue weighted by atomic mass is 9.82. The average molecular weight is 684 g/mol. The van der Waals surface area contributed by atoms with E-state index in [1.165, 1.54) is 97.6 Å². The Morgan fingerprint density at radius 3 is 1.58 bits per heavy atom. The van der Waals surface area contributed by atoms with Crippen molar-refractivity contribution in [3.63, 3.8) is 0 Å². The van der Waals surface area contributed by atoms with Gasteiger partial charge in [0.15, 0.2) is 0 Å². The summed E-state index contributed by atoms with van der Waals surface area (Å²) in [5, 5.41) is 7.89. The number of hydrogen-bond acceptors (Lipinski definition) is 2. The number of benzene rings is 8. The molecule has 0 amide bonds. The van der Waals surface area contributed by atoms with E-state index >= 15 is 0 Å². The van der Waals surface area contributed by atoms with Gasteiger partial charge in [0.25, 0.3) is 0 Å². The summed E-state index contributed by atoms with van der Waals surface area (Å²) in [7, 11) is 0.